The lowest BCUT2D eigenvalue weighted by Gasteiger charge is -2.48. The summed E-state index contributed by atoms with van der Waals surface area (Å²) in [7, 11) is -1.19. The predicted molar refractivity (Wildman–Crippen MR) is 102 cm³/mol. The van der Waals surface area contributed by atoms with Crippen LogP contribution in [0.2, 0.25) is 13.1 Å². The fourth-order valence-electron chi connectivity index (χ4n) is 3.22. The van der Waals surface area contributed by atoms with Crippen molar-refractivity contribution < 1.29 is 18.8 Å². The summed E-state index contributed by atoms with van der Waals surface area (Å²) in [6.45, 7) is 12.9. The normalized spacial score (nSPS) is 22.3. The Balaban J connectivity index is 2.10. The van der Waals surface area contributed by atoms with E-state index in [1.165, 1.54) is 0 Å². The summed E-state index contributed by atoms with van der Waals surface area (Å²) in [5.41, 5.74) is -0.103. The third kappa shape index (κ3) is 4.91. The van der Waals surface area contributed by atoms with Crippen LogP contribution in [0.3, 0.4) is 0 Å². The molecule has 0 unspecified atom stereocenters. The van der Waals surface area contributed by atoms with Gasteiger partial charge in [-0.1, -0.05) is 26.8 Å². The van der Waals surface area contributed by atoms with Crippen LogP contribution in [0.5, 0.6) is 5.88 Å². The first-order valence-electron chi connectivity index (χ1n) is 9.16. The van der Waals surface area contributed by atoms with E-state index in [-0.39, 0.29) is 41.0 Å². The molecule has 0 spiro atoms. The number of ether oxygens (including phenoxy) is 1. The van der Waals surface area contributed by atoms with Gasteiger partial charge >= 0.3 is 5.97 Å². The highest BCUT2D eigenvalue weighted by atomic mass is 28.3. The Morgan fingerprint density at radius 3 is 2.54 bits per heavy atom. The summed E-state index contributed by atoms with van der Waals surface area (Å²) < 4.78 is 11.3. The molecule has 2 rings (SSSR count). The summed E-state index contributed by atoms with van der Waals surface area (Å²) in [5, 5.41) is 2.90. The third-order valence-electron chi connectivity index (χ3n) is 4.91. The van der Waals surface area contributed by atoms with Crippen LogP contribution < -0.4 is 10.1 Å². The topological polar surface area (TPSA) is 77.5 Å². The van der Waals surface area contributed by atoms with Crippen molar-refractivity contribution in [3.8, 4) is 5.88 Å². The highest BCUT2D eigenvalue weighted by molar-refractivity contribution is 6.48. The van der Waals surface area contributed by atoms with Crippen molar-refractivity contribution in [2.75, 3.05) is 6.61 Å². The van der Waals surface area contributed by atoms with E-state index in [0.717, 1.165) is 0 Å². The number of esters is 1. The Labute approximate surface area is 157 Å². The van der Waals surface area contributed by atoms with Crippen LogP contribution in [-0.4, -0.2) is 38.5 Å². The number of rotatable bonds is 7. The molecule has 2 heterocycles. The number of nitrogens with one attached hydrogen (secondary N) is 1. The first-order valence-corrected chi connectivity index (χ1v) is 11.9. The average molecular weight is 379 g/mol. The molecule has 1 amide bonds. The summed E-state index contributed by atoms with van der Waals surface area (Å²) in [6, 6.07) is 4.91. The zero-order valence-electron chi connectivity index (χ0n) is 16.5. The molecule has 0 saturated carbocycles. The maximum Gasteiger partial charge on any atom is 0.317 e. The van der Waals surface area contributed by atoms with E-state index in [4.69, 9.17) is 9.16 Å². The van der Waals surface area contributed by atoms with Crippen molar-refractivity contribution in [3.63, 3.8) is 0 Å². The van der Waals surface area contributed by atoms with Gasteiger partial charge in [-0.25, -0.2) is 4.98 Å². The Morgan fingerprint density at radius 2 is 2.04 bits per heavy atom. The molecule has 26 heavy (non-hydrogen) atoms. The monoisotopic (exact) mass is 378 g/mol. The lowest BCUT2D eigenvalue weighted by molar-refractivity contribution is -0.151. The van der Waals surface area contributed by atoms with Crippen LogP contribution >= 0.6 is 0 Å². The van der Waals surface area contributed by atoms with Gasteiger partial charge in [0.25, 0.3) is 0 Å². The van der Waals surface area contributed by atoms with Gasteiger partial charge in [-0.05, 0) is 37.4 Å². The van der Waals surface area contributed by atoms with E-state index in [9.17, 15) is 9.59 Å². The fourth-order valence-corrected chi connectivity index (χ4v) is 3.82. The minimum Gasteiger partial charge on any atom is -0.420 e. The number of pyridine rings is 1. The largest absolute Gasteiger partial charge is 0.420 e. The zero-order valence-corrected chi connectivity index (χ0v) is 17.6. The molecule has 1 saturated heterocycles. The van der Waals surface area contributed by atoms with E-state index in [1.54, 1.807) is 31.3 Å². The number of aromatic nitrogens is 1. The first kappa shape index (κ1) is 20.6. The quantitative estimate of drug-likeness (QED) is 0.448. The van der Waals surface area contributed by atoms with Gasteiger partial charge in [-0.2, -0.15) is 0 Å². The van der Waals surface area contributed by atoms with Crippen LogP contribution in [-0.2, 0) is 14.0 Å². The van der Waals surface area contributed by atoms with Gasteiger partial charge in [-0.3, -0.25) is 9.59 Å². The number of hydrogen-bond acceptors (Lipinski definition) is 5. The molecule has 0 aliphatic carbocycles. The number of amides is 1. The van der Waals surface area contributed by atoms with Gasteiger partial charge in [0.2, 0.25) is 11.8 Å². The van der Waals surface area contributed by atoms with Crippen LogP contribution in [0.1, 0.15) is 27.7 Å². The van der Waals surface area contributed by atoms with Gasteiger partial charge in [0.15, 0.2) is 9.04 Å². The van der Waals surface area contributed by atoms with Crippen molar-refractivity contribution in [3.05, 3.63) is 24.4 Å². The molecule has 1 aromatic heterocycles. The molecule has 0 radical (unpaired) electrons. The third-order valence-corrected chi connectivity index (χ3v) is 5.77. The highest BCUT2D eigenvalue weighted by Gasteiger charge is 2.52. The Hall–Kier alpha value is -1.73. The molecule has 7 heteroatoms. The number of β-lactam (4-membered cyclic amide) rings is 1. The fraction of sp³-hybridized carbons (Fsp3) is 0.632. The lowest BCUT2D eigenvalue weighted by atomic mass is 9.65. The number of nitrogens with zero attached hydrogens (tertiary/aromatic N) is 1. The smallest absolute Gasteiger partial charge is 0.317 e. The number of carbonyl (C=O) groups excluding carboxylic acids is 2. The van der Waals surface area contributed by atoms with E-state index < -0.39 is 15.0 Å². The van der Waals surface area contributed by atoms with Gasteiger partial charge < -0.3 is 14.5 Å². The molecule has 1 fully saturated rings. The summed E-state index contributed by atoms with van der Waals surface area (Å²) >= 11 is 0. The average Bonchev–Trinajstić information content (AvgIpc) is 2.55. The molecule has 1 N–H and O–H groups in total. The van der Waals surface area contributed by atoms with Gasteiger partial charge in [0.1, 0.15) is 0 Å². The molecule has 6 nitrogen and oxygen atoms in total. The molecule has 1 aliphatic rings. The van der Waals surface area contributed by atoms with Crippen molar-refractivity contribution in [2.45, 2.75) is 46.8 Å². The summed E-state index contributed by atoms with van der Waals surface area (Å²) in [5.74, 6) is -0.795. The molecule has 1 aromatic rings. The van der Waals surface area contributed by atoms with Crippen molar-refractivity contribution in [2.24, 2.45) is 23.2 Å². The SMILES string of the molecule is C[C@@H](C(=O)Oc1ccccn1)[C@H]1NC(=O)[C@H]1[C@@H](CO[SiH](C)C)C(C)(C)C. The van der Waals surface area contributed by atoms with Crippen molar-refractivity contribution in [1.82, 2.24) is 10.3 Å². The molecule has 0 bridgehead atoms. The minimum absolute atomic E-state index is 0.0126. The molecule has 4 atom stereocenters. The standard InChI is InChI=1S/C19H30N2O4Si/c1-12(18(23)25-14-9-7-8-10-20-14)16-15(17(22)21-16)13(19(2,3)4)11-24-26(5)6/h7-10,12-13,15-16,26H,11H2,1-6H3,(H,21,22)/t12-,13-,15+,16-/m1/s1. The molecule has 1 aliphatic heterocycles. The Kier molecular flexibility index (Phi) is 6.57. The zero-order chi connectivity index (χ0) is 19.5. The maximum atomic E-state index is 12.5. The Morgan fingerprint density at radius 1 is 1.35 bits per heavy atom. The summed E-state index contributed by atoms with van der Waals surface area (Å²) in [6.07, 6.45) is 1.57. The van der Waals surface area contributed by atoms with Crippen LogP contribution in [0.25, 0.3) is 0 Å². The van der Waals surface area contributed by atoms with E-state index >= 15 is 0 Å². The van der Waals surface area contributed by atoms with Crippen LogP contribution in [0.4, 0.5) is 0 Å². The van der Waals surface area contributed by atoms with E-state index in [1.807, 2.05) is 0 Å². The Bertz CT molecular complexity index is 630. The van der Waals surface area contributed by atoms with E-state index in [0.29, 0.717) is 6.61 Å². The highest BCUT2D eigenvalue weighted by Crippen LogP contribution is 2.40. The van der Waals surface area contributed by atoms with Crippen molar-refractivity contribution >= 4 is 20.9 Å². The minimum atomic E-state index is -1.19. The van der Waals surface area contributed by atoms with Crippen LogP contribution in [0, 0.1) is 23.2 Å². The molecule has 144 valence electrons. The van der Waals surface area contributed by atoms with Gasteiger partial charge in [0.05, 0.1) is 17.9 Å². The lowest BCUT2D eigenvalue weighted by Crippen LogP contribution is -2.66. The number of carbonyl (C=O) groups is 2. The van der Waals surface area contributed by atoms with Gasteiger partial charge in [0, 0.05) is 18.9 Å². The van der Waals surface area contributed by atoms with Gasteiger partial charge in [-0.15, -0.1) is 0 Å². The second kappa shape index (κ2) is 8.31. The number of hydrogen-bond donors (Lipinski definition) is 1. The van der Waals surface area contributed by atoms with Crippen LogP contribution in [0.15, 0.2) is 24.4 Å². The summed E-state index contributed by atoms with van der Waals surface area (Å²) in [4.78, 5) is 28.9. The first-order chi connectivity index (χ1) is 12.1. The predicted octanol–water partition coefficient (Wildman–Crippen LogP) is 2.40. The maximum absolute atomic E-state index is 12.5. The second-order valence-electron chi connectivity index (χ2n) is 8.29. The molecule has 0 aromatic carbocycles. The molecular weight excluding hydrogens is 348 g/mol. The molecular formula is C19H30N2O4Si. The second-order valence-corrected chi connectivity index (χ2v) is 10.7. The van der Waals surface area contributed by atoms with E-state index in [2.05, 4.69) is 44.2 Å². The van der Waals surface area contributed by atoms with Crippen molar-refractivity contribution in [1.29, 1.82) is 0 Å².